The van der Waals surface area contributed by atoms with Gasteiger partial charge in [0, 0.05) is 24.2 Å². The number of halogens is 4. The maximum atomic E-state index is 13.1. The van der Waals surface area contributed by atoms with Crippen molar-refractivity contribution in [2.45, 2.75) is 31.5 Å². The molecule has 0 spiro atoms. The highest BCUT2D eigenvalue weighted by molar-refractivity contribution is 7.13. The van der Waals surface area contributed by atoms with E-state index in [1.165, 1.54) is 12.5 Å². The van der Waals surface area contributed by atoms with Crippen molar-refractivity contribution in [2.24, 2.45) is 0 Å². The third-order valence-corrected chi connectivity index (χ3v) is 6.84. The van der Waals surface area contributed by atoms with Gasteiger partial charge in [0.1, 0.15) is 34.4 Å². The van der Waals surface area contributed by atoms with Gasteiger partial charge >= 0.3 is 6.18 Å². The molecule has 14 heteroatoms. The summed E-state index contributed by atoms with van der Waals surface area (Å²) in [6, 6.07) is 5.98. The number of aromatic nitrogens is 5. The van der Waals surface area contributed by atoms with Crippen LogP contribution in [0.15, 0.2) is 55.4 Å². The lowest BCUT2D eigenvalue weighted by atomic mass is 10.1. The Morgan fingerprint density at radius 3 is 2.76 bits per heavy atom. The summed E-state index contributed by atoms with van der Waals surface area (Å²) >= 11 is 6.67. The third kappa shape index (κ3) is 5.74. The van der Waals surface area contributed by atoms with Crippen LogP contribution in [-0.4, -0.2) is 37.1 Å². The number of thiazole rings is 1. The summed E-state index contributed by atoms with van der Waals surface area (Å²) in [5.74, 6) is -0.907. The van der Waals surface area contributed by atoms with E-state index in [0.717, 1.165) is 28.8 Å². The van der Waals surface area contributed by atoms with Gasteiger partial charge in [-0.2, -0.15) is 13.2 Å². The monoisotopic (exact) mass is 547 g/mol. The summed E-state index contributed by atoms with van der Waals surface area (Å²) in [6.45, 7) is 1.86. The van der Waals surface area contributed by atoms with Crippen LogP contribution in [0.5, 0.6) is 0 Å². The first kappa shape index (κ1) is 25.1. The van der Waals surface area contributed by atoms with Crippen molar-refractivity contribution in [1.82, 2.24) is 30.2 Å². The van der Waals surface area contributed by atoms with Crippen LogP contribution in [0.25, 0.3) is 11.3 Å². The first-order valence-corrected chi connectivity index (χ1v) is 12.0. The van der Waals surface area contributed by atoms with E-state index in [4.69, 9.17) is 16.3 Å². The molecular weight excluding hydrogens is 531 g/mol. The number of rotatable bonds is 7. The minimum absolute atomic E-state index is 0.208. The molecule has 5 rings (SSSR count). The number of amides is 1. The van der Waals surface area contributed by atoms with Gasteiger partial charge < -0.3 is 10.1 Å². The zero-order valence-electron chi connectivity index (χ0n) is 18.9. The van der Waals surface area contributed by atoms with Crippen molar-refractivity contribution in [3.8, 4) is 11.3 Å². The van der Waals surface area contributed by atoms with Crippen molar-refractivity contribution in [3.63, 3.8) is 0 Å². The second kappa shape index (κ2) is 10.1. The van der Waals surface area contributed by atoms with Crippen LogP contribution in [0.2, 0.25) is 5.02 Å². The average molecular weight is 548 g/mol. The molecule has 37 heavy (non-hydrogen) atoms. The Morgan fingerprint density at radius 2 is 2.00 bits per heavy atom. The number of nitrogens with zero attached hydrogens (tertiary/aromatic N) is 5. The number of ether oxygens (including phenoxy) is 1. The molecule has 3 atom stereocenters. The zero-order valence-corrected chi connectivity index (χ0v) is 20.5. The molecule has 0 saturated carbocycles. The van der Waals surface area contributed by atoms with Crippen LogP contribution in [0.3, 0.4) is 0 Å². The molecule has 9 nitrogen and oxygen atoms in total. The molecule has 0 aromatic carbocycles. The van der Waals surface area contributed by atoms with Crippen molar-refractivity contribution in [2.75, 3.05) is 5.32 Å². The summed E-state index contributed by atoms with van der Waals surface area (Å²) in [7, 11) is 0. The second-order valence-electron chi connectivity index (χ2n) is 8.00. The van der Waals surface area contributed by atoms with Gasteiger partial charge in [-0.1, -0.05) is 11.6 Å². The molecule has 1 fully saturated rings. The molecule has 0 aliphatic carbocycles. The van der Waals surface area contributed by atoms with E-state index in [1.807, 2.05) is 25.1 Å². The molecule has 1 aliphatic heterocycles. The van der Waals surface area contributed by atoms with Crippen LogP contribution >= 0.6 is 22.9 Å². The maximum absolute atomic E-state index is 13.1. The van der Waals surface area contributed by atoms with Crippen molar-refractivity contribution in [1.29, 1.82) is 0 Å². The highest BCUT2D eigenvalue weighted by Gasteiger charge is 2.42. The Labute approximate surface area is 217 Å². The summed E-state index contributed by atoms with van der Waals surface area (Å²) in [4.78, 5) is 33.5. The van der Waals surface area contributed by atoms with Gasteiger partial charge in [0.05, 0.1) is 34.2 Å². The molecule has 0 bridgehead atoms. The molecule has 4 aromatic rings. The highest BCUT2D eigenvalue weighted by atomic mass is 35.5. The molecule has 1 saturated heterocycles. The molecule has 4 aromatic heterocycles. The lowest BCUT2D eigenvalue weighted by molar-refractivity contribution is -0.137. The van der Waals surface area contributed by atoms with Crippen molar-refractivity contribution in [3.05, 3.63) is 81.5 Å². The molecule has 2 unspecified atom stereocenters. The van der Waals surface area contributed by atoms with Crippen LogP contribution in [-0.2, 0) is 10.9 Å². The molecule has 1 amide bonds. The van der Waals surface area contributed by atoms with E-state index in [1.54, 1.807) is 12.4 Å². The lowest BCUT2D eigenvalue weighted by Crippen LogP contribution is -2.22. The number of nitrogens with one attached hydrogen (secondary N) is 2. The number of epoxide rings is 1. The number of anilines is 1. The van der Waals surface area contributed by atoms with E-state index >= 15 is 0 Å². The third-order valence-electron chi connectivity index (χ3n) is 5.36. The van der Waals surface area contributed by atoms with Gasteiger partial charge in [-0.3, -0.25) is 15.1 Å². The number of pyridine rings is 2. The largest absolute Gasteiger partial charge is 0.418 e. The Bertz CT molecular complexity index is 1440. The van der Waals surface area contributed by atoms with Gasteiger partial charge in [0.2, 0.25) is 0 Å². The summed E-state index contributed by atoms with van der Waals surface area (Å²) in [5.41, 5.74) is 1.22. The summed E-state index contributed by atoms with van der Waals surface area (Å²) < 4.78 is 44.9. The second-order valence-corrected chi connectivity index (χ2v) is 9.47. The maximum Gasteiger partial charge on any atom is 0.418 e. The van der Waals surface area contributed by atoms with Gasteiger partial charge in [-0.25, -0.2) is 19.9 Å². The number of hydrogen-bond acceptors (Lipinski definition) is 9. The van der Waals surface area contributed by atoms with Gasteiger partial charge in [-0.05, 0) is 31.2 Å². The molecule has 1 aliphatic rings. The summed E-state index contributed by atoms with van der Waals surface area (Å²) in [6.07, 6.45) is 1.80. The first-order valence-electron chi connectivity index (χ1n) is 10.8. The highest BCUT2D eigenvalue weighted by Crippen LogP contribution is 2.38. The first-order chi connectivity index (χ1) is 17.7. The Morgan fingerprint density at radius 1 is 1.16 bits per heavy atom. The number of carbonyl (C=O) groups is 1. The quantitative estimate of drug-likeness (QED) is 0.308. The predicted molar refractivity (Wildman–Crippen MR) is 129 cm³/mol. The van der Waals surface area contributed by atoms with E-state index in [2.05, 4.69) is 35.6 Å². The minimum Gasteiger partial charge on any atom is -0.346 e. The van der Waals surface area contributed by atoms with Crippen molar-refractivity contribution >= 4 is 34.7 Å². The topological polar surface area (TPSA) is 118 Å². The predicted octanol–water partition coefficient (Wildman–Crippen LogP) is 5.06. The molecular formula is C23H17ClF3N7O2S. The fraction of sp³-hybridized carbons (Fsp3) is 0.217. The van der Waals surface area contributed by atoms with Crippen LogP contribution in [0.1, 0.15) is 45.0 Å². The minimum atomic E-state index is -4.67. The van der Waals surface area contributed by atoms with Crippen LogP contribution < -0.4 is 10.6 Å². The lowest BCUT2D eigenvalue weighted by Gasteiger charge is -2.10. The fourth-order valence-electron chi connectivity index (χ4n) is 3.48. The normalized spacial score (nSPS) is 17.9. The van der Waals surface area contributed by atoms with Gasteiger partial charge in [0.15, 0.2) is 0 Å². The van der Waals surface area contributed by atoms with Gasteiger partial charge in [-0.15, -0.1) is 11.3 Å². The smallest absolute Gasteiger partial charge is 0.346 e. The Kier molecular flexibility index (Phi) is 6.86. The van der Waals surface area contributed by atoms with Crippen LogP contribution in [0.4, 0.5) is 19.0 Å². The van der Waals surface area contributed by atoms with Crippen LogP contribution in [0, 0.1) is 0 Å². The van der Waals surface area contributed by atoms with Gasteiger partial charge in [0.25, 0.3) is 5.91 Å². The average Bonchev–Trinajstić information content (AvgIpc) is 3.46. The number of carbonyl (C=O) groups excluding carboxylic acids is 1. The fourth-order valence-corrected chi connectivity index (χ4v) is 4.51. The van der Waals surface area contributed by atoms with E-state index in [9.17, 15) is 18.0 Å². The molecule has 0 radical (unpaired) electrons. The Hall–Kier alpha value is -3.52. The zero-order chi connectivity index (χ0) is 26.2. The summed E-state index contributed by atoms with van der Waals surface area (Å²) in [5, 5.41) is 5.67. The molecule has 5 heterocycles. The number of alkyl halides is 3. The standard InChI is InChI=1S/C23H17ClF3N7O2S/c1-11(33-21-19(36-21)16-6-15(31-10-32-16)12-3-2-4-28-7-12)22-30-9-17(37-22)20(35)34-18-5-13(23(25,26)27)14(24)8-29-18/h2-11,19,21,33H,1H3,(H,29,34,35)/t11-,19?,21?/m1/s1. The molecule has 190 valence electrons. The van der Waals surface area contributed by atoms with E-state index in [-0.39, 0.29) is 29.1 Å². The number of hydrogen-bond donors (Lipinski definition) is 2. The molecule has 2 N–H and O–H groups in total. The Balaban J connectivity index is 1.20. The SMILES string of the molecule is C[C@@H](NC1OC1c1cc(-c2cccnc2)ncn1)c1ncc(C(=O)Nc2cc(C(F)(F)F)c(Cl)cn2)s1. The van der Waals surface area contributed by atoms with E-state index in [0.29, 0.717) is 16.8 Å². The van der Waals surface area contributed by atoms with Crippen molar-refractivity contribution < 1.29 is 22.7 Å². The van der Waals surface area contributed by atoms with E-state index < -0.39 is 22.7 Å².